The lowest BCUT2D eigenvalue weighted by Gasteiger charge is -2.46. The minimum absolute atomic E-state index is 0.803. The van der Waals surface area contributed by atoms with Crippen LogP contribution in [0.4, 0.5) is 0 Å². The number of piperazine rings is 1. The molecule has 0 aromatic rings. The monoisotopic (exact) mass is 225 g/mol. The summed E-state index contributed by atoms with van der Waals surface area (Å²) >= 11 is 0. The van der Waals surface area contributed by atoms with Gasteiger partial charge >= 0.3 is 0 Å². The maximum absolute atomic E-state index is 3.54. The molecule has 0 saturated carbocycles. The Labute approximate surface area is 100 Å². The quantitative estimate of drug-likeness (QED) is 0.752. The number of piperidine rings is 1. The fourth-order valence-corrected chi connectivity index (χ4v) is 3.44. The molecule has 3 heteroatoms. The Morgan fingerprint density at radius 3 is 2.06 bits per heavy atom. The van der Waals surface area contributed by atoms with E-state index in [1.165, 1.54) is 45.8 Å². The van der Waals surface area contributed by atoms with Crippen LogP contribution in [0.2, 0.25) is 0 Å². The van der Waals surface area contributed by atoms with Crippen LogP contribution in [0.5, 0.6) is 0 Å². The Morgan fingerprint density at radius 2 is 1.56 bits per heavy atom. The van der Waals surface area contributed by atoms with Crippen LogP contribution in [0.15, 0.2) is 0 Å². The molecule has 0 aromatic carbocycles. The van der Waals surface area contributed by atoms with Crippen molar-refractivity contribution in [2.75, 3.05) is 45.8 Å². The molecule has 16 heavy (non-hydrogen) atoms. The number of likely N-dealkylation sites (N-methyl/N-ethyl adjacent to an activating group) is 1. The maximum Gasteiger partial charge on any atom is 0.0172 e. The van der Waals surface area contributed by atoms with Gasteiger partial charge in [-0.15, -0.1) is 0 Å². The van der Waals surface area contributed by atoms with Gasteiger partial charge in [0, 0.05) is 32.2 Å². The van der Waals surface area contributed by atoms with Crippen LogP contribution >= 0.6 is 0 Å². The molecule has 1 N–H and O–H groups in total. The van der Waals surface area contributed by atoms with Crippen LogP contribution in [-0.4, -0.2) is 61.7 Å². The third-order valence-corrected chi connectivity index (χ3v) is 4.37. The lowest BCUT2D eigenvalue weighted by Crippen LogP contribution is -2.58. The summed E-state index contributed by atoms with van der Waals surface area (Å²) in [4.78, 5) is 5.30. The fourth-order valence-electron chi connectivity index (χ4n) is 3.44. The standard InChI is InChI=1S/C13H27N3/c1-4-15-5-7-16(8-6-15)13-11(2)9-14-10-12(13)3/h11-14H,4-10H2,1-3H3. The molecular formula is C13H27N3. The summed E-state index contributed by atoms with van der Waals surface area (Å²) in [6, 6.07) is 0.806. The van der Waals surface area contributed by atoms with Crippen LogP contribution in [0.3, 0.4) is 0 Å². The number of rotatable bonds is 2. The Morgan fingerprint density at radius 1 is 1.00 bits per heavy atom. The first kappa shape index (κ1) is 12.3. The van der Waals surface area contributed by atoms with E-state index >= 15 is 0 Å². The highest BCUT2D eigenvalue weighted by Crippen LogP contribution is 2.23. The van der Waals surface area contributed by atoms with Gasteiger partial charge in [0.25, 0.3) is 0 Å². The van der Waals surface area contributed by atoms with E-state index in [2.05, 4.69) is 35.9 Å². The van der Waals surface area contributed by atoms with Crippen molar-refractivity contribution < 1.29 is 0 Å². The predicted molar refractivity (Wildman–Crippen MR) is 68.7 cm³/mol. The normalized spacial score (nSPS) is 38.8. The van der Waals surface area contributed by atoms with Crippen molar-refractivity contribution in [3.63, 3.8) is 0 Å². The van der Waals surface area contributed by atoms with Gasteiger partial charge in [-0.2, -0.15) is 0 Å². The molecule has 2 rings (SSSR count). The molecule has 2 saturated heterocycles. The fraction of sp³-hybridized carbons (Fsp3) is 1.00. The van der Waals surface area contributed by atoms with Crippen LogP contribution < -0.4 is 5.32 Å². The predicted octanol–water partition coefficient (Wildman–Crippen LogP) is 0.868. The minimum Gasteiger partial charge on any atom is -0.316 e. The SMILES string of the molecule is CCN1CCN(C2C(C)CNCC2C)CC1. The van der Waals surface area contributed by atoms with Crippen molar-refractivity contribution >= 4 is 0 Å². The molecule has 2 atom stereocenters. The first-order valence-electron chi connectivity index (χ1n) is 6.89. The summed E-state index contributed by atoms with van der Waals surface area (Å²) in [5.74, 6) is 1.61. The Hall–Kier alpha value is -0.120. The van der Waals surface area contributed by atoms with Gasteiger partial charge < -0.3 is 10.2 Å². The van der Waals surface area contributed by atoms with Crippen molar-refractivity contribution in [2.24, 2.45) is 11.8 Å². The molecule has 0 spiro atoms. The second-order valence-corrected chi connectivity index (χ2v) is 5.57. The molecule has 94 valence electrons. The van der Waals surface area contributed by atoms with Gasteiger partial charge in [-0.05, 0) is 31.5 Å². The molecule has 2 aliphatic rings. The third kappa shape index (κ3) is 2.58. The summed E-state index contributed by atoms with van der Waals surface area (Å²) in [7, 11) is 0. The molecule has 0 aliphatic carbocycles. The van der Waals surface area contributed by atoms with E-state index < -0.39 is 0 Å². The summed E-state index contributed by atoms with van der Waals surface area (Å²) in [5, 5.41) is 3.54. The average Bonchev–Trinajstić information content (AvgIpc) is 2.30. The van der Waals surface area contributed by atoms with Gasteiger partial charge in [0.05, 0.1) is 0 Å². The van der Waals surface area contributed by atoms with E-state index in [9.17, 15) is 0 Å². The summed E-state index contributed by atoms with van der Waals surface area (Å²) in [6.07, 6.45) is 0. The van der Waals surface area contributed by atoms with E-state index in [4.69, 9.17) is 0 Å². The topological polar surface area (TPSA) is 18.5 Å². The average molecular weight is 225 g/mol. The van der Waals surface area contributed by atoms with E-state index in [-0.39, 0.29) is 0 Å². The Balaban J connectivity index is 1.91. The van der Waals surface area contributed by atoms with Crippen molar-refractivity contribution in [3.05, 3.63) is 0 Å². The molecule has 0 aromatic heterocycles. The molecule has 0 bridgehead atoms. The van der Waals surface area contributed by atoms with Crippen LogP contribution in [-0.2, 0) is 0 Å². The van der Waals surface area contributed by atoms with Crippen molar-refractivity contribution in [3.8, 4) is 0 Å². The second kappa shape index (κ2) is 5.48. The molecule has 2 fully saturated rings. The van der Waals surface area contributed by atoms with Crippen molar-refractivity contribution in [2.45, 2.75) is 26.8 Å². The summed E-state index contributed by atoms with van der Waals surface area (Å²) < 4.78 is 0. The number of hydrogen-bond donors (Lipinski definition) is 1. The highest BCUT2D eigenvalue weighted by Gasteiger charge is 2.33. The maximum atomic E-state index is 3.54. The zero-order valence-corrected chi connectivity index (χ0v) is 11.1. The van der Waals surface area contributed by atoms with Gasteiger partial charge in [0.2, 0.25) is 0 Å². The lowest BCUT2D eigenvalue weighted by atomic mass is 9.85. The second-order valence-electron chi connectivity index (χ2n) is 5.57. The van der Waals surface area contributed by atoms with Crippen molar-refractivity contribution in [1.29, 1.82) is 0 Å². The lowest BCUT2D eigenvalue weighted by molar-refractivity contribution is 0.0350. The van der Waals surface area contributed by atoms with Crippen molar-refractivity contribution in [1.82, 2.24) is 15.1 Å². The highest BCUT2D eigenvalue weighted by atomic mass is 15.3. The van der Waals surface area contributed by atoms with Crippen LogP contribution in [0.25, 0.3) is 0 Å². The molecule has 3 nitrogen and oxygen atoms in total. The first-order valence-corrected chi connectivity index (χ1v) is 6.89. The van der Waals surface area contributed by atoms with E-state index in [0.717, 1.165) is 17.9 Å². The molecule has 0 amide bonds. The van der Waals surface area contributed by atoms with Gasteiger partial charge in [-0.3, -0.25) is 4.90 Å². The zero-order valence-electron chi connectivity index (χ0n) is 11.1. The summed E-state index contributed by atoms with van der Waals surface area (Å²) in [5.41, 5.74) is 0. The van der Waals surface area contributed by atoms with Gasteiger partial charge in [-0.1, -0.05) is 20.8 Å². The molecule has 2 unspecified atom stereocenters. The Kier molecular flexibility index (Phi) is 4.22. The van der Waals surface area contributed by atoms with Gasteiger partial charge in [0.1, 0.15) is 0 Å². The smallest absolute Gasteiger partial charge is 0.0172 e. The first-order chi connectivity index (χ1) is 7.72. The van der Waals surface area contributed by atoms with Gasteiger partial charge in [-0.25, -0.2) is 0 Å². The molecule has 2 heterocycles. The Bertz CT molecular complexity index is 201. The minimum atomic E-state index is 0.803. The molecule has 2 aliphatic heterocycles. The summed E-state index contributed by atoms with van der Waals surface area (Å²) in [6.45, 7) is 15.8. The largest absolute Gasteiger partial charge is 0.316 e. The van der Waals surface area contributed by atoms with E-state index in [0.29, 0.717) is 0 Å². The zero-order chi connectivity index (χ0) is 11.5. The van der Waals surface area contributed by atoms with Crippen LogP contribution in [0.1, 0.15) is 20.8 Å². The van der Waals surface area contributed by atoms with Gasteiger partial charge in [0.15, 0.2) is 0 Å². The van der Waals surface area contributed by atoms with E-state index in [1.54, 1.807) is 0 Å². The van der Waals surface area contributed by atoms with Crippen LogP contribution in [0, 0.1) is 11.8 Å². The van der Waals surface area contributed by atoms with E-state index in [1.807, 2.05) is 0 Å². The number of nitrogens with one attached hydrogen (secondary N) is 1. The number of hydrogen-bond acceptors (Lipinski definition) is 3. The third-order valence-electron chi connectivity index (χ3n) is 4.37. The molecular weight excluding hydrogens is 198 g/mol. The number of nitrogens with zero attached hydrogens (tertiary/aromatic N) is 2. The molecule has 0 radical (unpaired) electrons. The highest BCUT2D eigenvalue weighted by molar-refractivity contribution is 4.89.